The highest BCUT2D eigenvalue weighted by molar-refractivity contribution is 6.73. The summed E-state index contributed by atoms with van der Waals surface area (Å²) < 4.78 is 11.6. The number of unbranched alkanes of at least 4 members (excludes halogenated alkanes) is 1. The molecule has 1 heterocycles. The summed E-state index contributed by atoms with van der Waals surface area (Å²) in [6, 6.07) is 2.96. The van der Waals surface area contributed by atoms with Gasteiger partial charge in [-0.05, 0) is 43.3 Å². The Morgan fingerprint density at radius 3 is 2.26 bits per heavy atom. The van der Waals surface area contributed by atoms with Gasteiger partial charge in [-0.25, -0.2) is 9.69 Å². The van der Waals surface area contributed by atoms with E-state index < -0.39 is 20.5 Å². The van der Waals surface area contributed by atoms with Crippen LogP contribution in [0.25, 0.3) is 0 Å². The van der Waals surface area contributed by atoms with Crippen LogP contribution in [0.3, 0.4) is 0 Å². The first-order chi connectivity index (χ1) is 11.0. The van der Waals surface area contributed by atoms with E-state index in [0.717, 1.165) is 43.8 Å². The molecule has 1 aliphatic heterocycles. The van der Waals surface area contributed by atoms with Crippen LogP contribution in [0, 0.1) is 5.92 Å². The van der Waals surface area contributed by atoms with Crippen LogP contribution >= 0.6 is 0 Å². The third-order valence-corrected chi connectivity index (χ3v) is 10.0. The fourth-order valence-electron chi connectivity index (χ4n) is 3.35. The summed E-state index contributed by atoms with van der Waals surface area (Å²) in [6.45, 7) is 8.91. The molecule has 2 fully saturated rings. The van der Waals surface area contributed by atoms with E-state index in [9.17, 15) is 9.59 Å². The third-order valence-electron chi connectivity index (χ3n) is 5.42. The van der Waals surface area contributed by atoms with E-state index >= 15 is 0 Å². The number of hydrogen-bond donors (Lipinski definition) is 0. The molecule has 0 aromatic carbocycles. The second-order valence-corrected chi connectivity index (χ2v) is 11.5. The minimum Gasteiger partial charge on any atom is -0.449 e. The first-order valence-electron chi connectivity index (χ1n) is 9.21. The number of ether oxygens (including phenoxy) is 1. The molecule has 0 aromatic rings. The van der Waals surface area contributed by atoms with E-state index in [1.807, 2.05) is 6.92 Å². The van der Waals surface area contributed by atoms with Crippen LogP contribution in [0.4, 0.5) is 4.79 Å². The number of amides is 2. The molecule has 2 amide bonds. The maximum absolute atomic E-state index is 12.5. The van der Waals surface area contributed by atoms with Crippen molar-refractivity contribution in [2.24, 2.45) is 5.92 Å². The molecule has 0 radical (unpaired) electrons. The molecule has 2 rings (SSSR count). The SMILES string of the molecule is CCCCOC(=O)N1C(=O)[C@@H](O[Si](CC)(CC)CC)[C@H]1C1CC1. The zero-order chi connectivity index (χ0) is 17.0. The van der Waals surface area contributed by atoms with Crippen molar-refractivity contribution in [3.05, 3.63) is 0 Å². The van der Waals surface area contributed by atoms with Gasteiger partial charge in [-0.3, -0.25) is 4.79 Å². The molecule has 0 aromatic heterocycles. The van der Waals surface area contributed by atoms with Crippen molar-refractivity contribution >= 4 is 20.3 Å². The minimum atomic E-state index is -1.85. The monoisotopic (exact) mass is 341 g/mol. The average Bonchev–Trinajstić information content (AvgIpc) is 3.38. The van der Waals surface area contributed by atoms with Crippen LogP contribution in [0.5, 0.6) is 0 Å². The number of hydrogen-bond acceptors (Lipinski definition) is 4. The zero-order valence-corrected chi connectivity index (χ0v) is 16.0. The number of carbonyl (C=O) groups is 2. The summed E-state index contributed by atoms with van der Waals surface area (Å²) in [5.41, 5.74) is 0. The van der Waals surface area contributed by atoms with Crippen LogP contribution < -0.4 is 0 Å². The lowest BCUT2D eigenvalue weighted by atomic mass is 9.94. The number of rotatable bonds is 9. The predicted octanol–water partition coefficient (Wildman–Crippen LogP) is 3.93. The van der Waals surface area contributed by atoms with Crippen LogP contribution in [-0.4, -0.2) is 44.0 Å². The molecule has 5 nitrogen and oxygen atoms in total. The number of carbonyl (C=O) groups excluding carboxylic acids is 2. The van der Waals surface area contributed by atoms with Gasteiger partial charge in [0.15, 0.2) is 8.32 Å². The lowest BCUT2D eigenvalue weighted by Gasteiger charge is -2.48. The van der Waals surface area contributed by atoms with Crippen molar-refractivity contribution in [3.8, 4) is 0 Å². The molecule has 6 heteroatoms. The van der Waals surface area contributed by atoms with Gasteiger partial charge in [-0.15, -0.1) is 0 Å². The van der Waals surface area contributed by atoms with Crippen molar-refractivity contribution < 1.29 is 18.8 Å². The van der Waals surface area contributed by atoms with Gasteiger partial charge in [0, 0.05) is 0 Å². The lowest BCUT2D eigenvalue weighted by Crippen LogP contribution is -2.70. The fourth-order valence-corrected chi connectivity index (χ4v) is 6.13. The largest absolute Gasteiger partial charge is 0.449 e. The molecule has 0 bridgehead atoms. The maximum Gasteiger partial charge on any atom is 0.416 e. The Balaban J connectivity index is 2.02. The Hall–Kier alpha value is -0.883. The summed E-state index contributed by atoms with van der Waals surface area (Å²) in [5.74, 6) is 0.226. The highest BCUT2D eigenvalue weighted by Crippen LogP contribution is 2.44. The summed E-state index contributed by atoms with van der Waals surface area (Å²) >= 11 is 0. The van der Waals surface area contributed by atoms with Crippen LogP contribution in [0.15, 0.2) is 0 Å². The van der Waals surface area contributed by atoms with Gasteiger partial charge < -0.3 is 9.16 Å². The summed E-state index contributed by atoms with van der Waals surface area (Å²) in [7, 11) is -1.85. The van der Waals surface area contributed by atoms with E-state index in [4.69, 9.17) is 9.16 Å². The molecule has 23 heavy (non-hydrogen) atoms. The topological polar surface area (TPSA) is 55.8 Å². The molecule has 0 N–H and O–H groups in total. The Bertz CT molecular complexity index is 426. The Morgan fingerprint density at radius 1 is 1.17 bits per heavy atom. The van der Waals surface area contributed by atoms with E-state index in [1.54, 1.807) is 0 Å². The van der Waals surface area contributed by atoms with Gasteiger partial charge in [0.25, 0.3) is 5.91 Å². The van der Waals surface area contributed by atoms with Gasteiger partial charge in [-0.2, -0.15) is 0 Å². The van der Waals surface area contributed by atoms with Crippen LogP contribution in [0.1, 0.15) is 53.4 Å². The number of imide groups is 1. The second-order valence-electron chi connectivity index (χ2n) is 6.79. The summed E-state index contributed by atoms with van der Waals surface area (Å²) in [6.07, 6.45) is 3.07. The highest BCUT2D eigenvalue weighted by Gasteiger charge is 2.59. The molecule has 0 spiro atoms. The van der Waals surface area contributed by atoms with Crippen molar-refractivity contribution in [1.29, 1.82) is 0 Å². The number of β-lactam (4-membered cyclic amide) rings is 1. The van der Waals surface area contributed by atoms with Gasteiger partial charge in [-0.1, -0.05) is 34.1 Å². The van der Waals surface area contributed by atoms with E-state index in [2.05, 4.69) is 20.8 Å². The molecule has 1 saturated carbocycles. The Kier molecular flexibility index (Phi) is 6.25. The van der Waals surface area contributed by atoms with Crippen molar-refractivity contribution in [1.82, 2.24) is 4.90 Å². The normalized spacial score (nSPS) is 24.5. The number of nitrogens with zero attached hydrogens (tertiary/aromatic N) is 1. The Labute approximate surface area is 140 Å². The molecule has 2 atom stereocenters. The molecule has 0 unspecified atom stereocenters. The minimum absolute atomic E-state index is 0.0897. The van der Waals surface area contributed by atoms with Gasteiger partial charge in [0.1, 0.15) is 6.10 Å². The number of likely N-dealkylation sites (tertiary alicyclic amines) is 1. The van der Waals surface area contributed by atoms with E-state index in [1.165, 1.54) is 4.90 Å². The third kappa shape index (κ3) is 3.79. The van der Waals surface area contributed by atoms with Crippen LogP contribution in [-0.2, 0) is 14.0 Å². The van der Waals surface area contributed by atoms with Gasteiger partial charge >= 0.3 is 6.09 Å². The Morgan fingerprint density at radius 2 is 1.78 bits per heavy atom. The second kappa shape index (κ2) is 7.79. The van der Waals surface area contributed by atoms with Crippen molar-refractivity contribution in [2.75, 3.05) is 6.61 Å². The first kappa shape index (κ1) is 18.5. The molecule has 132 valence electrons. The maximum atomic E-state index is 12.5. The lowest BCUT2D eigenvalue weighted by molar-refractivity contribution is -0.161. The fraction of sp³-hybridized carbons (Fsp3) is 0.882. The smallest absolute Gasteiger partial charge is 0.416 e. The van der Waals surface area contributed by atoms with Crippen molar-refractivity contribution in [3.63, 3.8) is 0 Å². The quantitative estimate of drug-likeness (QED) is 0.362. The molecule has 1 saturated heterocycles. The van der Waals surface area contributed by atoms with Crippen molar-refractivity contribution in [2.45, 2.75) is 83.7 Å². The van der Waals surface area contributed by atoms with E-state index in [0.29, 0.717) is 12.5 Å². The summed E-state index contributed by atoms with van der Waals surface area (Å²) in [4.78, 5) is 26.1. The molecule has 2 aliphatic rings. The average molecular weight is 342 g/mol. The van der Waals surface area contributed by atoms with Crippen LogP contribution in [0.2, 0.25) is 18.1 Å². The van der Waals surface area contributed by atoms with Gasteiger partial charge in [0.2, 0.25) is 0 Å². The predicted molar refractivity (Wildman–Crippen MR) is 91.7 cm³/mol. The van der Waals surface area contributed by atoms with Gasteiger partial charge in [0.05, 0.1) is 12.6 Å². The molecular weight excluding hydrogens is 310 g/mol. The standard InChI is InChI=1S/C17H31NO4Si/c1-5-9-12-21-17(20)18-14(13-10-11-13)15(16(18)19)22-23(6-2,7-3)8-4/h13-15H,5-12H2,1-4H3/t14-,15+/m1/s1. The first-order valence-corrected chi connectivity index (χ1v) is 11.7. The summed E-state index contributed by atoms with van der Waals surface area (Å²) in [5, 5.41) is 0. The molecule has 1 aliphatic carbocycles. The molecular formula is C17H31NO4Si. The highest BCUT2D eigenvalue weighted by atomic mass is 28.4. The van der Waals surface area contributed by atoms with E-state index in [-0.39, 0.29) is 11.9 Å². The zero-order valence-electron chi connectivity index (χ0n) is 15.0.